The largest absolute Gasteiger partial charge is 0.480 e. The van der Waals surface area contributed by atoms with Crippen LogP contribution in [0.3, 0.4) is 0 Å². The molecule has 0 aromatic carbocycles. The van der Waals surface area contributed by atoms with E-state index in [-0.39, 0.29) is 6.54 Å². The summed E-state index contributed by atoms with van der Waals surface area (Å²) in [6.07, 6.45) is 5.29. The summed E-state index contributed by atoms with van der Waals surface area (Å²) in [5.41, 5.74) is -0.682. The van der Waals surface area contributed by atoms with E-state index in [1.54, 1.807) is 11.0 Å². The van der Waals surface area contributed by atoms with E-state index < -0.39 is 11.6 Å². The van der Waals surface area contributed by atoms with Crippen molar-refractivity contribution in [3.8, 4) is 0 Å². The Morgan fingerprint density at radius 3 is 2.53 bits per heavy atom. The van der Waals surface area contributed by atoms with Crippen molar-refractivity contribution in [2.75, 3.05) is 19.6 Å². The molecule has 1 saturated carbocycles. The van der Waals surface area contributed by atoms with Crippen molar-refractivity contribution in [3.63, 3.8) is 0 Å². The molecule has 0 unspecified atom stereocenters. The zero-order valence-corrected chi connectivity index (χ0v) is 8.98. The van der Waals surface area contributed by atoms with Gasteiger partial charge in [-0.2, -0.15) is 0 Å². The van der Waals surface area contributed by atoms with Crippen LogP contribution in [0.1, 0.15) is 25.7 Å². The van der Waals surface area contributed by atoms with Crippen LogP contribution in [0.15, 0.2) is 12.7 Å². The smallest absolute Gasteiger partial charge is 0.317 e. The lowest BCUT2D eigenvalue weighted by molar-refractivity contribution is -0.138. The predicted octanol–water partition coefficient (Wildman–Crippen LogP) is 0.864. The lowest BCUT2D eigenvalue weighted by atomic mass is 10.0. The molecule has 15 heavy (non-hydrogen) atoms. The number of aliphatic carboxylic acids is 1. The molecule has 1 fully saturated rings. The summed E-state index contributed by atoms with van der Waals surface area (Å²) < 4.78 is 0. The predicted molar refractivity (Wildman–Crippen MR) is 57.7 cm³/mol. The summed E-state index contributed by atoms with van der Waals surface area (Å²) in [6, 6.07) is 0. The lowest BCUT2D eigenvalue weighted by Gasteiger charge is -2.29. The fourth-order valence-electron chi connectivity index (χ4n) is 2.17. The number of carboxylic acid groups (broad SMARTS) is 1. The molecule has 2 N–H and O–H groups in total. The zero-order valence-electron chi connectivity index (χ0n) is 8.98. The molecule has 0 bridgehead atoms. The fourth-order valence-corrected chi connectivity index (χ4v) is 2.17. The monoisotopic (exact) mass is 213 g/mol. The molecule has 1 rings (SSSR count). The van der Waals surface area contributed by atoms with Crippen molar-refractivity contribution in [3.05, 3.63) is 12.7 Å². The number of hydrogen-bond donors (Lipinski definition) is 2. The van der Waals surface area contributed by atoms with Crippen molar-refractivity contribution in [2.45, 2.75) is 31.3 Å². The zero-order chi connectivity index (χ0) is 11.3. The van der Waals surface area contributed by atoms with E-state index in [1.165, 1.54) is 0 Å². The van der Waals surface area contributed by atoms with Gasteiger partial charge in [0, 0.05) is 13.1 Å². The second kappa shape index (κ2) is 5.28. The number of nitrogens with zero attached hydrogens (tertiary/aromatic N) is 1. The maximum atomic E-state index is 10.6. The Hall–Kier alpha value is -0.870. The highest BCUT2D eigenvalue weighted by Gasteiger charge is 2.33. The highest BCUT2D eigenvalue weighted by Crippen LogP contribution is 2.30. The molecule has 0 spiro atoms. The van der Waals surface area contributed by atoms with E-state index in [2.05, 4.69) is 6.58 Å². The van der Waals surface area contributed by atoms with Crippen molar-refractivity contribution in [1.29, 1.82) is 0 Å². The molecule has 0 aromatic heterocycles. The molecular weight excluding hydrogens is 194 g/mol. The van der Waals surface area contributed by atoms with E-state index in [1.807, 2.05) is 0 Å². The first kappa shape index (κ1) is 12.2. The average molecular weight is 213 g/mol. The van der Waals surface area contributed by atoms with E-state index >= 15 is 0 Å². The van der Waals surface area contributed by atoms with E-state index in [9.17, 15) is 9.90 Å². The van der Waals surface area contributed by atoms with Crippen LogP contribution in [0.2, 0.25) is 0 Å². The molecule has 1 aliphatic carbocycles. The van der Waals surface area contributed by atoms with Crippen LogP contribution in [0.25, 0.3) is 0 Å². The van der Waals surface area contributed by atoms with Gasteiger partial charge in [-0.1, -0.05) is 18.9 Å². The minimum Gasteiger partial charge on any atom is -0.480 e. The molecule has 0 atom stereocenters. The van der Waals surface area contributed by atoms with Crippen molar-refractivity contribution in [1.82, 2.24) is 4.90 Å². The minimum absolute atomic E-state index is 0.0334. The van der Waals surface area contributed by atoms with Crippen molar-refractivity contribution >= 4 is 5.97 Å². The molecular formula is C11H19NO3. The van der Waals surface area contributed by atoms with Crippen LogP contribution < -0.4 is 0 Å². The summed E-state index contributed by atoms with van der Waals surface area (Å²) >= 11 is 0. The lowest BCUT2D eigenvalue weighted by Crippen LogP contribution is -2.43. The molecule has 0 heterocycles. The summed E-state index contributed by atoms with van der Waals surface area (Å²) in [4.78, 5) is 12.3. The Balaban J connectivity index is 2.48. The number of carboxylic acids is 1. The average Bonchev–Trinajstić information content (AvgIpc) is 2.51. The SMILES string of the molecule is C=CCN(CC(=O)O)CC1(O)CCCC1. The summed E-state index contributed by atoms with van der Waals surface area (Å²) in [5.74, 6) is -0.863. The topological polar surface area (TPSA) is 60.8 Å². The molecule has 0 aliphatic heterocycles. The van der Waals surface area contributed by atoms with Crippen LogP contribution in [0, 0.1) is 0 Å². The Kier molecular flexibility index (Phi) is 4.29. The summed E-state index contributed by atoms with van der Waals surface area (Å²) in [5, 5.41) is 18.8. The molecule has 1 aliphatic rings. The number of aliphatic hydroxyl groups is 1. The molecule has 0 saturated heterocycles. The Morgan fingerprint density at radius 2 is 2.07 bits per heavy atom. The van der Waals surface area contributed by atoms with Gasteiger partial charge in [-0.05, 0) is 12.8 Å². The molecule has 0 radical (unpaired) electrons. The molecule has 0 aromatic rings. The highest BCUT2D eigenvalue weighted by atomic mass is 16.4. The molecule has 86 valence electrons. The van der Waals surface area contributed by atoms with Gasteiger partial charge >= 0.3 is 5.97 Å². The minimum atomic E-state index is -0.863. The maximum Gasteiger partial charge on any atom is 0.317 e. The standard InChI is InChI=1S/C11H19NO3/c1-2-7-12(8-10(13)14)9-11(15)5-3-4-6-11/h2,15H,1,3-9H2,(H,13,14). The number of carbonyl (C=O) groups is 1. The first-order chi connectivity index (χ1) is 7.06. The first-order valence-electron chi connectivity index (χ1n) is 5.33. The van der Waals surface area contributed by atoms with Crippen LogP contribution >= 0.6 is 0 Å². The van der Waals surface area contributed by atoms with E-state index in [0.29, 0.717) is 13.1 Å². The van der Waals surface area contributed by atoms with Crippen LogP contribution in [-0.2, 0) is 4.79 Å². The first-order valence-corrected chi connectivity index (χ1v) is 5.33. The van der Waals surface area contributed by atoms with Gasteiger partial charge in [0.15, 0.2) is 0 Å². The van der Waals surface area contributed by atoms with Crippen LogP contribution in [-0.4, -0.2) is 46.3 Å². The second-order valence-corrected chi connectivity index (χ2v) is 4.28. The number of hydrogen-bond acceptors (Lipinski definition) is 3. The normalized spacial score (nSPS) is 19.3. The Labute approximate surface area is 90.2 Å². The fraction of sp³-hybridized carbons (Fsp3) is 0.727. The van der Waals surface area contributed by atoms with Crippen LogP contribution in [0.4, 0.5) is 0 Å². The molecule has 0 amide bonds. The Bertz CT molecular complexity index is 234. The van der Waals surface area contributed by atoms with Crippen molar-refractivity contribution < 1.29 is 15.0 Å². The third-order valence-electron chi connectivity index (χ3n) is 2.80. The third-order valence-corrected chi connectivity index (χ3v) is 2.80. The van der Waals surface area contributed by atoms with Gasteiger partial charge in [0.25, 0.3) is 0 Å². The molecule has 4 nitrogen and oxygen atoms in total. The maximum absolute atomic E-state index is 10.6. The Morgan fingerprint density at radius 1 is 1.47 bits per heavy atom. The van der Waals surface area contributed by atoms with E-state index in [4.69, 9.17) is 5.11 Å². The molecule has 4 heteroatoms. The highest BCUT2D eigenvalue weighted by molar-refractivity contribution is 5.69. The van der Waals surface area contributed by atoms with Crippen molar-refractivity contribution in [2.24, 2.45) is 0 Å². The van der Waals surface area contributed by atoms with Gasteiger partial charge in [-0.3, -0.25) is 9.69 Å². The summed E-state index contributed by atoms with van der Waals surface area (Å²) in [6.45, 7) is 4.50. The van der Waals surface area contributed by atoms with Crippen LogP contribution in [0.5, 0.6) is 0 Å². The summed E-state index contributed by atoms with van der Waals surface area (Å²) in [7, 11) is 0. The van der Waals surface area contributed by atoms with E-state index in [0.717, 1.165) is 25.7 Å². The van der Waals surface area contributed by atoms with Gasteiger partial charge in [0.1, 0.15) is 0 Å². The van der Waals surface area contributed by atoms with Gasteiger partial charge in [-0.15, -0.1) is 6.58 Å². The third kappa shape index (κ3) is 4.01. The quantitative estimate of drug-likeness (QED) is 0.643. The second-order valence-electron chi connectivity index (χ2n) is 4.28. The number of rotatable bonds is 6. The van der Waals surface area contributed by atoms with Gasteiger partial charge in [0.05, 0.1) is 12.1 Å². The van der Waals surface area contributed by atoms with Gasteiger partial charge in [0.2, 0.25) is 0 Å². The van der Waals surface area contributed by atoms with Gasteiger partial charge in [-0.25, -0.2) is 0 Å². The van der Waals surface area contributed by atoms with Gasteiger partial charge < -0.3 is 10.2 Å².